The molecule has 2 aromatic carbocycles. The summed E-state index contributed by atoms with van der Waals surface area (Å²) in [5.74, 6) is 1.08. The molecule has 2 fully saturated rings. The van der Waals surface area contributed by atoms with E-state index >= 15 is 0 Å². The number of unbranched alkanes of at least 4 members (excludes halogenated alkanes) is 1. The molecule has 4 atom stereocenters. The van der Waals surface area contributed by atoms with E-state index in [1.165, 1.54) is 54.9 Å². The Kier molecular flexibility index (Phi) is 9.96. The Morgan fingerprint density at radius 3 is 2.33 bits per heavy atom. The molecule has 0 spiro atoms. The molecule has 8 nitrogen and oxygen atoms in total. The topological polar surface area (TPSA) is 73.7 Å². The summed E-state index contributed by atoms with van der Waals surface area (Å²) in [6.07, 6.45) is 8.22. The number of rotatable bonds is 11. The zero-order valence-corrected chi connectivity index (χ0v) is 27.1. The predicted molar refractivity (Wildman–Crippen MR) is 175 cm³/mol. The molecule has 0 aliphatic carbocycles. The number of nitrogens with one attached hydrogen (secondary N) is 1. The zero-order valence-electron chi connectivity index (χ0n) is 26.3. The molecule has 45 heavy (non-hydrogen) atoms. The monoisotopic (exact) mass is 638 g/mol. The average Bonchev–Trinajstić information content (AvgIpc) is 3.49. The highest BCUT2D eigenvalue weighted by molar-refractivity contribution is 7.82. The molecule has 2 unspecified atom stereocenters. The van der Waals surface area contributed by atoms with Crippen LogP contribution in [0.25, 0.3) is 0 Å². The van der Waals surface area contributed by atoms with Crippen LogP contribution in [0.4, 0.5) is 25.0 Å². The second-order valence-electron chi connectivity index (χ2n) is 12.6. The third-order valence-corrected chi connectivity index (χ3v) is 11.2. The van der Waals surface area contributed by atoms with E-state index in [0.717, 1.165) is 68.9 Å². The number of hydrogen-bond donors (Lipinski definition) is 1. The fourth-order valence-electron chi connectivity index (χ4n) is 7.50. The van der Waals surface area contributed by atoms with Gasteiger partial charge in [0.1, 0.15) is 17.5 Å². The Morgan fingerprint density at radius 1 is 1.00 bits per heavy atom. The standard InChI is InChI=1S/C34H44F2N6O2S/c1-3-4-20-45(44)39-19-16-33-32(23-39)37-24(2)42(33)31-21-29-14-15-30(22-31)40(29)17-5-18-41(28-12-8-26(36)9-13-28)34(43)38-27-10-6-25(35)7-11-27/h6-13,29-31H,3-5,14-23H2,1-2H3,(H,38,43)/t29-,30+,31?,45?. The van der Waals surface area contributed by atoms with Gasteiger partial charge in [0.25, 0.3) is 0 Å². The van der Waals surface area contributed by atoms with Gasteiger partial charge >= 0.3 is 6.03 Å². The van der Waals surface area contributed by atoms with E-state index in [2.05, 4.69) is 32.9 Å². The smallest absolute Gasteiger partial charge is 0.326 e. The Bertz CT molecular complexity index is 1480. The van der Waals surface area contributed by atoms with E-state index in [9.17, 15) is 17.8 Å². The van der Waals surface area contributed by atoms with Gasteiger partial charge < -0.3 is 9.88 Å². The maximum Gasteiger partial charge on any atom is 0.326 e. The van der Waals surface area contributed by atoms with Gasteiger partial charge in [-0.05, 0) is 94.0 Å². The van der Waals surface area contributed by atoms with Crippen LogP contribution < -0.4 is 10.2 Å². The molecule has 2 saturated heterocycles. The van der Waals surface area contributed by atoms with Crippen LogP contribution in [0.5, 0.6) is 0 Å². The summed E-state index contributed by atoms with van der Waals surface area (Å²) in [6, 6.07) is 12.7. The number of aromatic nitrogens is 2. The maximum absolute atomic E-state index is 13.7. The maximum atomic E-state index is 13.7. The van der Waals surface area contributed by atoms with Crippen LogP contribution in [0.2, 0.25) is 0 Å². The van der Waals surface area contributed by atoms with Gasteiger partial charge in [-0.25, -0.2) is 27.1 Å². The quantitative estimate of drug-likeness (QED) is 0.257. The van der Waals surface area contributed by atoms with Crippen molar-refractivity contribution in [3.63, 3.8) is 0 Å². The van der Waals surface area contributed by atoms with E-state index in [1.54, 1.807) is 17.0 Å². The van der Waals surface area contributed by atoms with Crippen molar-refractivity contribution in [3.05, 3.63) is 77.4 Å². The number of hydrogen-bond acceptors (Lipinski definition) is 4. The Labute approximate surface area is 267 Å². The van der Waals surface area contributed by atoms with Gasteiger partial charge in [0, 0.05) is 67.0 Å². The van der Waals surface area contributed by atoms with Gasteiger partial charge in [-0.2, -0.15) is 0 Å². The zero-order chi connectivity index (χ0) is 31.5. The highest BCUT2D eigenvalue weighted by Gasteiger charge is 2.42. The lowest BCUT2D eigenvalue weighted by atomic mass is 9.96. The molecule has 0 radical (unpaired) electrons. The first-order valence-electron chi connectivity index (χ1n) is 16.4. The molecule has 1 aromatic heterocycles. The Hall–Kier alpha value is -3.15. The molecular formula is C34H44F2N6O2S. The normalized spacial score (nSPS) is 22.3. The van der Waals surface area contributed by atoms with Crippen LogP contribution in [0.1, 0.15) is 75.1 Å². The lowest BCUT2D eigenvalue weighted by molar-refractivity contribution is 0.104. The minimum Gasteiger partial charge on any atom is -0.329 e. The molecule has 3 aliphatic rings. The van der Waals surface area contributed by atoms with Gasteiger partial charge in [-0.3, -0.25) is 9.80 Å². The largest absolute Gasteiger partial charge is 0.329 e. The SMILES string of the molecule is CCCCS(=O)N1CCc2c(nc(C)n2C2C[C@H]3CC[C@@H](C2)N3CCCN(C(=O)Nc2ccc(F)cc2)c2ccc(F)cc2)C1. The molecule has 0 saturated carbocycles. The van der Waals surface area contributed by atoms with Crippen LogP contribution in [0.15, 0.2) is 48.5 Å². The molecule has 242 valence electrons. The van der Waals surface area contributed by atoms with E-state index in [1.807, 2.05) is 0 Å². The van der Waals surface area contributed by atoms with Gasteiger partial charge in [-0.1, -0.05) is 13.3 Å². The van der Waals surface area contributed by atoms with Crippen molar-refractivity contribution in [1.29, 1.82) is 0 Å². The fraction of sp³-hybridized carbons (Fsp3) is 0.529. The fourth-order valence-corrected chi connectivity index (χ4v) is 8.85. The second-order valence-corrected chi connectivity index (χ2v) is 14.1. The number of anilines is 2. The molecule has 1 N–H and O–H groups in total. The van der Waals surface area contributed by atoms with E-state index < -0.39 is 11.0 Å². The number of fused-ring (bicyclic) bond motifs is 3. The third-order valence-electron chi connectivity index (χ3n) is 9.66. The number of carbonyl (C=O) groups excluding carboxylic acids is 1. The first-order chi connectivity index (χ1) is 21.8. The minimum atomic E-state index is -0.938. The lowest BCUT2D eigenvalue weighted by Gasteiger charge is -2.41. The highest BCUT2D eigenvalue weighted by atomic mass is 32.2. The number of benzene rings is 2. The number of nitrogens with zero attached hydrogens (tertiary/aromatic N) is 5. The van der Waals surface area contributed by atoms with Gasteiger partial charge in [0.15, 0.2) is 0 Å². The summed E-state index contributed by atoms with van der Waals surface area (Å²) in [4.78, 5) is 22.6. The number of aryl methyl sites for hydroxylation is 1. The van der Waals surface area contributed by atoms with Crippen LogP contribution >= 0.6 is 0 Å². The number of imidazole rings is 1. The Morgan fingerprint density at radius 2 is 1.67 bits per heavy atom. The van der Waals surface area contributed by atoms with Crippen LogP contribution in [-0.2, 0) is 24.0 Å². The molecule has 2 amide bonds. The molecule has 4 heterocycles. The van der Waals surface area contributed by atoms with Gasteiger partial charge in [0.2, 0.25) is 0 Å². The first kappa shape index (κ1) is 31.8. The molecule has 2 bridgehead atoms. The molecule has 3 aliphatic heterocycles. The van der Waals surface area contributed by atoms with Crippen molar-refractivity contribution in [3.8, 4) is 0 Å². The molecule has 6 rings (SSSR count). The van der Waals surface area contributed by atoms with Gasteiger partial charge in [-0.15, -0.1) is 0 Å². The van der Waals surface area contributed by atoms with Crippen molar-refractivity contribution >= 4 is 28.4 Å². The summed E-state index contributed by atoms with van der Waals surface area (Å²) < 4.78 is 44.5. The van der Waals surface area contributed by atoms with Crippen molar-refractivity contribution in [2.75, 3.05) is 35.6 Å². The van der Waals surface area contributed by atoms with Gasteiger partial charge in [0.05, 0.1) is 23.2 Å². The summed E-state index contributed by atoms with van der Waals surface area (Å²) in [6.45, 7) is 7.09. The van der Waals surface area contributed by atoms with Crippen molar-refractivity contribution < 1.29 is 17.8 Å². The van der Waals surface area contributed by atoms with Crippen molar-refractivity contribution in [1.82, 2.24) is 18.8 Å². The number of piperidine rings is 1. The van der Waals surface area contributed by atoms with Crippen molar-refractivity contribution in [2.24, 2.45) is 0 Å². The summed E-state index contributed by atoms with van der Waals surface area (Å²) >= 11 is 0. The first-order valence-corrected chi connectivity index (χ1v) is 17.6. The van der Waals surface area contributed by atoms with E-state index in [0.29, 0.717) is 42.6 Å². The number of halogens is 2. The number of carbonyl (C=O) groups is 1. The second kappa shape index (κ2) is 14.1. The van der Waals surface area contributed by atoms with E-state index in [4.69, 9.17) is 4.98 Å². The summed E-state index contributed by atoms with van der Waals surface area (Å²) in [7, 11) is -0.938. The number of amides is 2. The Balaban J connectivity index is 1.08. The minimum absolute atomic E-state index is 0.331. The van der Waals surface area contributed by atoms with E-state index in [-0.39, 0.29) is 17.7 Å². The predicted octanol–water partition coefficient (Wildman–Crippen LogP) is 6.59. The highest BCUT2D eigenvalue weighted by Crippen LogP contribution is 2.42. The summed E-state index contributed by atoms with van der Waals surface area (Å²) in [5.41, 5.74) is 3.54. The average molecular weight is 639 g/mol. The van der Waals surface area contributed by atoms with Crippen LogP contribution in [0, 0.1) is 18.6 Å². The molecule has 11 heteroatoms. The third kappa shape index (κ3) is 7.15. The molecular weight excluding hydrogens is 594 g/mol. The number of urea groups is 1. The van der Waals surface area contributed by atoms with Crippen LogP contribution in [-0.4, -0.2) is 66.5 Å². The molecule has 3 aromatic rings. The van der Waals surface area contributed by atoms with Crippen LogP contribution in [0.3, 0.4) is 0 Å². The lowest BCUT2D eigenvalue weighted by Crippen LogP contribution is -2.45. The summed E-state index contributed by atoms with van der Waals surface area (Å²) in [5, 5.41) is 2.85. The van der Waals surface area contributed by atoms with Crippen molar-refractivity contribution in [2.45, 2.75) is 89.9 Å².